The first-order valence-electron chi connectivity index (χ1n) is 5.48. The van der Waals surface area contributed by atoms with E-state index in [2.05, 4.69) is 10.5 Å². The molecule has 0 fully saturated rings. The lowest BCUT2D eigenvalue weighted by molar-refractivity contribution is -0.140. The lowest BCUT2D eigenvalue weighted by Gasteiger charge is -2.10. The molecule has 7 heteroatoms. The Morgan fingerprint density at radius 3 is 2.83 bits per heavy atom. The number of thioether (sulfide) groups is 1. The number of rotatable bonds is 8. The molecule has 1 unspecified atom stereocenters. The molecule has 6 nitrogen and oxygen atoms in total. The average Bonchev–Trinajstić information content (AvgIpc) is 2.63. The molecule has 1 atom stereocenters. The third kappa shape index (κ3) is 4.06. The third-order valence-corrected chi connectivity index (χ3v) is 3.56. The van der Waals surface area contributed by atoms with Crippen molar-refractivity contribution in [2.24, 2.45) is 0 Å². The first-order chi connectivity index (χ1) is 8.56. The molecule has 1 aromatic rings. The number of carboxylic acids is 1. The second kappa shape index (κ2) is 7.05. The third-order valence-electron chi connectivity index (χ3n) is 2.55. The summed E-state index contributed by atoms with van der Waals surface area (Å²) in [4.78, 5) is 21.0. The van der Waals surface area contributed by atoms with Gasteiger partial charge in [-0.25, -0.2) is 4.79 Å². The number of aryl methyl sites for hydroxylation is 2. The summed E-state index contributed by atoms with van der Waals surface area (Å²) in [7, 11) is 0. The Hall–Kier alpha value is -1.50. The standard InChI is InChI=1S/C11H16N2O4S/c1-7-9(8(2)17-13-7)5-18-4-3-10(11(15)16)12-6-14/h6,10H,3-5H2,1-2H3,(H,12,14)(H,15,16). The highest BCUT2D eigenvalue weighted by Gasteiger charge is 2.16. The van der Waals surface area contributed by atoms with Gasteiger partial charge in [-0.3, -0.25) is 4.79 Å². The van der Waals surface area contributed by atoms with Crippen LogP contribution in [0, 0.1) is 13.8 Å². The highest BCUT2D eigenvalue weighted by molar-refractivity contribution is 7.98. The lowest BCUT2D eigenvalue weighted by atomic mass is 10.2. The second-order valence-corrected chi connectivity index (χ2v) is 4.92. The normalized spacial score (nSPS) is 12.1. The van der Waals surface area contributed by atoms with Gasteiger partial charge in [0.05, 0.1) is 5.69 Å². The van der Waals surface area contributed by atoms with Crippen LogP contribution < -0.4 is 5.32 Å². The van der Waals surface area contributed by atoms with Crippen LogP contribution in [0.15, 0.2) is 4.52 Å². The molecule has 1 heterocycles. The maximum Gasteiger partial charge on any atom is 0.326 e. The van der Waals surface area contributed by atoms with E-state index in [0.29, 0.717) is 18.6 Å². The number of carboxylic acid groups (broad SMARTS) is 1. The van der Waals surface area contributed by atoms with Crippen LogP contribution in [0.3, 0.4) is 0 Å². The first kappa shape index (κ1) is 14.6. The molecule has 100 valence electrons. The summed E-state index contributed by atoms with van der Waals surface area (Å²) < 4.78 is 5.03. The fourth-order valence-electron chi connectivity index (χ4n) is 1.44. The molecule has 0 aliphatic carbocycles. The zero-order valence-electron chi connectivity index (χ0n) is 10.3. The fraction of sp³-hybridized carbons (Fsp3) is 0.545. The Labute approximate surface area is 109 Å². The topological polar surface area (TPSA) is 92.4 Å². The molecular formula is C11H16N2O4S. The van der Waals surface area contributed by atoms with E-state index in [1.54, 1.807) is 11.8 Å². The lowest BCUT2D eigenvalue weighted by Crippen LogP contribution is -2.36. The minimum atomic E-state index is -1.01. The van der Waals surface area contributed by atoms with Gasteiger partial charge < -0.3 is 14.9 Å². The zero-order chi connectivity index (χ0) is 13.5. The Morgan fingerprint density at radius 1 is 1.61 bits per heavy atom. The predicted octanol–water partition coefficient (Wildman–Crippen LogP) is 1.11. The van der Waals surface area contributed by atoms with Gasteiger partial charge in [0.2, 0.25) is 6.41 Å². The van der Waals surface area contributed by atoms with Crippen LogP contribution >= 0.6 is 11.8 Å². The number of aliphatic carboxylic acids is 1. The molecule has 1 aromatic heterocycles. The summed E-state index contributed by atoms with van der Waals surface area (Å²) >= 11 is 1.59. The molecule has 0 aromatic carbocycles. The summed E-state index contributed by atoms with van der Waals surface area (Å²) in [6.45, 7) is 3.73. The van der Waals surface area contributed by atoms with Crippen molar-refractivity contribution in [2.75, 3.05) is 5.75 Å². The minimum Gasteiger partial charge on any atom is -0.480 e. The van der Waals surface area contributed by atoms with Crippen LogP contribution in [0.4, 0.5) is 0 Å². The molecule has 0 radical (unpaired) electrons. The Kier molecular flexibility index (Phi) is 5.70. The summed E-state index contributed by atoms with van der Waals surface area (Å²) in [5, 5.41) is 14.9. The Morgan fingerprint density at radius 2 is 2.33 bits per heavy atom. The van der Waals surface area contributed by atoms with Crippen molar-refractivity contribution in [3.63, 3.8) is 0 Å². The van der Waals surface area contributed by atoms with E-state index < -0.39 is 12.0 Å². The maximum atomic E-state index is 10.8. The van der Waals surface area contributed by atoms with Crippen molar-refractivity contribution in [1.29, 1.82) is 0 Å². The minimum absolute atomic E-state index is 0.391. The number of aromatic nitrogens is 1. The van der Waals surface area contributed by atoms with E-state index in [9.17, 15) is 9.59 Å². The van der Waals surface area contributed by atoms with E-state index in [4.69, 9.17) is 9.63 Å². The van der Waals surface area contributed by atoms with Gasteiger partial charge in [-0.15, -0.1) is 0 Å². The van der Waals surface area contributed by atoms with E-state index in [1.165, 1.54) is 0 Å². The van der Waals surface area contributed by atoms with Gasteiger partial charge in [-0.05, 0) is 26.0 Å². The smallest absolute Gasteiger partial charge is 0.326 e. The summed E-state index contributed by atoms with van der Waals surface area (Å²) in [6, 6.07) is -0.820. The van der Waals surface area contributed by atoms with Crippen molar-refractivity contribution in [3.05, 3.63) is 17.0 Å². The van der Waals surface area contributed by atoms with Crippen LogP contribution in [0.25, 0.3) is 0 Å². The van der Waals surface area contributed by atoms with Gasteiger partial charge in [0.25, 0.3) is 0 Å². The number of carbonyl (C=O) groups is 2. The van der Waals surface area contributed by atoms with Gasteiger partial charge in [0.15, 0.2) is 0 Å². The van der Waals surface area contributed by atoms with Crippen LogP contribution in [-0.4, -0.2) is 34.4 Å². The molecule has 18 heavy (non-hydrogen) atoms. The van der Waals surface area contributed by atoms with Crippen LogP contribution in [0.2, 0.25) is 0 Å². The van der Waals surface area contributed by atoms with Crippen molar-refractivity contribution in [3.8, 4) is 0 Å². The maximum absolute atomic E-state index is 10.8. The van der Waals surface area contributed by atoms with Gasteiger partial charge >= 0.3 is 5.97 Å². The number of carbonyl (C=O) groups excluding carboxylic acids is 1. The SMILES string of the molecule is Cc1noc(C)c1CSCCC(NC=O)C(=O)O. The van der Waals surface area contributed by atoms with E-state index >= 15 is 0 Å². The summed E-state index contributed by atoms with van der Waals surface area (Å²) in [5.74, 6) is 1.15. The summed E-state index contributed by atoms with van der Waals surface area (Å²) in [5.41, 5.74) is 1.91. The molecule has 1 amide bonds. The van der Waals surface area contributed by atoms with E-state index in [1.807, 2.05) is 13.8 Å². The van der Waals surface area contributed by atoms with Gasteiger partial charge in [-0.2, -0.15) is 11.8 Å². The molecule has 1 rings (SSSR count). The summed E-state index contributed by atoms with van der Waals surface area (Å²) in [6.07, 6.45) is 0.805. The van der Waals surface area contributed by atoms with Gasteiger partial charge in [0.1, 0.15) is 11.8 Å². The average molecular weight is 272 g/mol. The second-order valence-electron chi connectivity index (χ2n) is 3.82. The zero-order valence-corrected chi connectivity index (χ0v) is 11.1. The Bertz CT molecular complexity index is 400. The molecule has 0 aliphatic rings. The number of amides is 1. The monoisotopic (exact) mass is 272 g/mol. The molecule has 0 spiro atoms. The quantitative estimate of drug-likeness (QED) is 0.544. The van der Waals surface area contributed by atoms with Crippen LogP contribution in [0.5, 0.6) is 0 Å². The first-order valence-corrected chi connectivity index (χ1v) is 6.63. The van der Waals surface area contributed by atoms with Crippen molar-refractivity contribution in [2.45, 2.75) is 32.1 Å². The fourth-order valence-corrected chi connectivity index (χ4v) is 2.61. The number of nitrogens with zero attached hydrogens (tertiary/aromatic N) is 1. The van der Waals surface area contributed by atoms with Gasteiger partial charge in [-0.1, -0.05) is 5.16 Å². The van der Waals surface area contributed by atoms with E-state index in [0.717, 1.165) is 22.8 Å². The predicted molar refractivity (Wildman–Crippen MR) is 67.4 cm³/mol. The molecule has 0 aliphatic heterocycles. The molecule has 0 saturated heterocycles. The van der Waals surface area contributed by atoms with Crippen molar-refractivity contribution >= 4 is 24.1 Å². The van der Waals surface area contributed by atoms with Crippen molar-refractivity contribution < 1.29 is 19.2 Å². The molecular weight excluding hydrogens is 256 g/mol. The van der Waals surface area contributed by atoms with E-state index in [-0.39, 0.29) is 0 Å². The van der Waals surface area contributed by atoms with Crippen molar-refractivity contribution in [1.82, 2.24) is 10.5 Å². The van der Waals surface area contributed by atoms with Crippen LogP contribution in [-0.2, 0) is 15.3 Å². The van der Waals surface area contributed by atoms with Gasteiger partial charge in [0, 0.05) is 11.3 Å². The van der Waals surface area contributed by atoms with Crippen LogP contribution in [0.1, 0.15) is 23.4 Å². The highest BCUT2D eigenvalue weighted by atomic mass is 32.2. The number of hydrogen-bond donors (Lipinski definition) is 2. The largest absolute Gasteiger partial charge is 0.480 e. The number of hydrogen-bond acceptors (Lipinski definition) is 5. The molecule has 0 bridgehead atoms. The Balaban J connectivity index is 2.34. The highest BCUT2D eigenvalue weighted by Crippen LogP contribution is 2.20. The number of nitrogens with one attached hydrogen (secondary N) is 1. The molecule has 2 N–H and O–H groups in total. The molecule has 0 saturated carbocycles.